The van der Waals surface area contributed by atoms with Gasteiger partial charge < -0.3 is 9.47 Å². The van der Waals surface area contributed by atoms with Crippen molar-refractivity contribution in [1.82, 2.24) is 14.9 Å². The molecular formula is C28H36N4O4S. The zero-order valence-corrected chi connectivity index (χ0v) is 23.0. The Morgan fingerprint density at radius 3 is 2.54 bits per heavy atom. The topological polar surface area (TPSA) is 93.7 Å². The van der Waals surface area contributed by atoms with E-state index in [4.69, 9.17) is 9.47 Å². The first-order valence-electron chi connectivity index (χ1n) is 12.6. The molecule has 4 bridgehead atoms. The molecule has 0 spiro atoms. The monoisotopic (exact) mass is 524 g/mol. The van der Waals surface area contributed by atoms with Crippen LogP contribution in [0.2, 0.25) is 0 Å². The molecule has 0 fully saturated rings. The quantitative estimate of drug-likeness (QED) is 0.494. The Hall–Kier alpha value is -3.01. The summed E-state index contributed by atoms with van der Waals surface area (Å²) in [6, 6.07) is 14.9. The van der Waals surface area contributed by atoms with Crippen LogP contribution in [0.5, 0.6) is 5.88 Å². The van der Waals surface area contributed by atoms with E-state index in [0.717, 1.165) is 28.7 Å². The van der Waals surface area contributed by atoms with Crippen molar-refractivity contribution in [2.75, 3.05) is 31.6 Å². The largest absolute Gasteiger partial charge is 0.476 e. The van der Waals surface area contributed by atoms with Crippen LogP contribution in [0.4, 0.5) is 5.95 Å². The molecule has 2 heterocycles. The SMILES string of the molecule is COCCN1Cc2cccc(c2)S(=O)(=O)Nc2nc(cc(-c3c(C)cccc3C)n2)OC[C@H]1CC(C)C. The molecule has 198 valence electrons. The van der Waals surface area contributed by atoms with Crippen molar-refractivity contribution in [3.63, 3.8) is 0 Å². The van der Waals surface area contributed by atoms with E-state index in [-0.39, 0.29) is 16.9 Å². The number of aryl methyl sites for hydroxylation is 2. The van der Waals surface area contributed by atoms with E-state index in [1.807, 2.05) is 38.1 Å². The molecular weight excluding hydrogens is 488 g/mol. The van der Waals surface area contributed by atoms with Gasteiger partial charge in [-0.2, -0.15) is 4.98 Å². The molecule has 8 nitrogen and oxygen atoms in total. The minimum atomic E-state index is -3.92. The molecule has 2 aromatic carbocycles. The Bertz CT molecular complexity index is 1320. The van der Waals surface area contributed by atoms with Crippen LogP contribution < -0.4 is 9.46 Å². The molecule has 1 aliphatic heterocycles. The highest BCUT2D eigenvalue weighted by Crippen LogP contribution is 2.30. The highest BCUT2D eigenvalue weighted by Gasteiger charge is 2.25. The van der Waals surface area contributed by atoms with Gasteiger partial charge in [-0.1, -0.05) is 44.2 Å². The molecule has 0 unspecified atom stereocenters. The Labute approximate surface area is 220 Å². The van der Waals surface area contributed by atoms with Gasteiger partial charge in [-0.15, -0.1) is 0 Å². The van der Waals surface area contributed by atoms with Gasteiger partial charge in [-0.25, -0.2) is 18.1 Å². The van der Waals surface area contributed by atoms with Crippen LogP contribution in [-0.2, 0) is 21.3 Å². The van der Waals surface area contributed by atoms with Gasteiger partial charge in [-0.05, 0) is 55.0 Å². The number of sulfonamides is 1. The lowest BCUT2D eigenvalue weighted by molar-refractivity contribution is 0.0760. The maximum absolute atomic E-state index is 13.4. The predicted octanol–water partition coefficient (Wildman–Crippen LogP) is 4.82. The summed E-state index contributed by atoms with van der Waals surface area (Å²) in [5.74, 6) is 0.752. The van der Waals surface area contributed by atoms with Gasteiger partial charge in [-0.3, -0.25) is 4.90 Å². The van der Waals surface area contributed by atoms with Crippen molar-refractivity contribution in [2.45, 2.75) is 51.6 Å². The van der Waals surface area contributed by atoms with Crippen LogP contribution in [0.1, 0.15) is 37.0 Å². The van der Waals surface area contributed by atoms with Crippen molar-refractivity contribution in [3.05, 3.63) is 65.2 Å². The van der Waals surface area contributed by atoms with Gasteiger partial charge >= 0.3 is 0 Å². The molecule has 4 rings (SSSR count). The number of hydrogen-bond acceptors (Lipinski definition) is 7. The third-order valence-electron chi connectivity index (χ3n) is 6.53. The van der Waals surface area contributed by atoms with Gasteiger partial charge in [0.25, 0.3) is 10.0 Å². The Balaban J connectivity index is 1.85. The second kappa shape index (κ2) is 11.6. The molecule has 9 heteroatoms. The number of aromatic nitrogens is 2. The number of hydrogen-bond donors (Lipinski definition) is 1. The summed E-state index contributed by atoms with van der Waals surface area (Å²) in [6.07, 6.45) is 0.904. The number of methoxy groups -OCH3 is 1. The number of benzene rings is 2. The van der Waals surface area contributed by atoms with Gasteiger partial charge in [0.1, 0.15) is 6.61 Å². The lowest BCUT2D eigenvalue weighted by Gasteiger charge is -2.32. The molecule has 0 aliphatic carbocycles. The minimum absolute atomic E-state index is 0.0172. The average Bonchev–Trinajstić information content (AvgIpc) is 2.83. The highest BCUT2D eigenvalue weighted by molar-refractivity contribution is 7.92. The van der Waals surface area contributed by atoms with Crippen LogP contribution in [0.15, 0.2) is 53.4 Å². The van der Waals surface area contributed by atoms with E-state index in [2.05, 4.69) is 33.4 Å². The summed E-state index contributed by atoms with van der Waals surface area (Å²) in [5, 5.41) is 0. The maximum atomic E-state index is 13.4. The summed E-state index contributed by atoms with van der Waals surface area (Å²) >= 11 is 0. The van der Waals surface area contributed by atoms with Gasteiger partial charge in [0.05, 0.1) is 17.2 Å². The molecule has 3 aromatic rings. The molecule has 37 heavy (non-hydrogen) atoms. The zero-order chi connectivity index (χ0) is 26.6. The summed E-state index contributed by atoms with van der Waals surface area (Å²) in [6.45, 7) is 10.6. The lowest BCUT2D eigenvalue weighted by Crippen LogP contribution is -2.42. The Kier molecular flexibility index (Phi) is 8.46. The number of rotatable bonds is 6. The lowest BCUT2D eigenvalue weighted by atomic mass is 10.00. The van der Waals surface area contributed by atoms with E-state index in [0.29, 0.717) is 43.8 Å². The number of fused-ring (bicyclic) bond motifs is 4. The summed E-state index contributed by atoms with van der Waals surface area (Å²) in [5.41, 5.74) is 4.51. The van der Waals surface area contributed by atoms with Crippen LogP contribution in [-0.4, -0.2) is 56.2 Å². The summed E-state index contributed by atoms with van der Waals surface area (Å²) < 4.78 is 41.0. The van der Waals surface area contributed by atoms with Crippen molar-refractivity contribution in [2.24, 2.45) is 5.92 Å². The van der Waals surface area contributed by atoms with E-state index in [9.17, 15) is 8.42 Å². The number of anilines is 1. The van der Waals surface area contributed by atoms with Crippen LogP contribution >= 0.6 is 0 Å². The first-order valence-corrected chi connectivity index (χ1v) is 14.1. The first-order chi connectivity index (χ1) is 17.7. The minimum Gasteiger partial charge on any atom is -0.476 e. The van der Waals surface area contributed by atoms with Crippen molar-refractivity contribution < 1.29 is 17.9 Å². The molecule has 1 aromatic heterocycles. The van der Waals surface area contributed by atoms with E-state index in [1.165, 1.54) is 0 Å². The molecule has 1 N–H and O–H groups in total. The molecule has 1 aliphatic rings. The van der Waals surface area contributed by atoms with E-state index in [1.54, 1.807) is 31.4 Å². The molecule has 0 amide bonds. The standard InChI is InChI=1S/C28H36N4O4S/c1-19(2)14-23-18-36-26-16-25(27-20(3)8-6-9-21(27)4)29-28(30-26)31-37(33,34)24-11-7-10-22(15-24)17-32(23)12-13-35-5/h6-11,15-16,19,23H,12-14,17-18H2,1-5H3,(H,29,30,31)/t23-/m1/s1. The fraction of sp³-hybridized carbons (Fsp3) is 0.429. The van der Waals surface area contributed by atoms with Crippen LogP contribution in [0.25, 0.3) is 11.3 Å². The predicted molar refractivity (Wildman–Crippen MR) is 145 cm³/mol. The van der Waals surface area contributed by atoms with Crippen LogP contribution in [0.3, 0.4) is 0 Å². The molecule has 0 saturated heterocycles. The maximum Gasteiger partial charge on any atom is 0.264 e. The van der Waals surface area contributed by atoms with Crippen LogP contribution in [0, 0.1) is 19.8 Å². The molecule has 0 radical (unpaired) electrons. The van der Waals surface area contributed by atoms with Crippen molar-refractivity contribution >= 4 is 16.0 Å². The number of ether oxygens (including phenoxy) is 2. The fourth-order valence-corrected chi connectivity index (χ4v) is 5.78. The Morgan fingerprint density at radius 1 is 1.11 bits per heavy atom. The van der Waals surface area contributed by atoms with Crippen molar-refractivity contribution in [3.8, 4) is 17.1 Å². The highest BCUT2D eigenvalue weighted by atomic mass is 32.2. The summed E-state index contributed by atoms with van der Waals surface area (Å²) in [4.78, 5) is 11.5. The molecule has 1 atom stereocenters. The second-order valence-electron chi connectivity index (χ2n) is 9.99. The number of nitrogens with one attached hydrogen (secondary N) is 1. The summed E-state index contributed by atoms with van der Waals surface area (Å²) in [7, 11) is -2.23. The first kappa shape index (κ1) is 27.0. The van der Waals surface area contributed by atoms with Gasteiger partial charge in [0, 0.05) is 37.9 Å². The Morgan fingerprint density at radius 2 is 1.84 bits per heavy atom. The zero-order valence-electron chi connectivity index (χ0n) is 22.2. The van der Waals surface area contributed by atoms with Gasteiger partial charge in [0.15, 0.2) is 0 Å². The fourth-order valence-electron chi connectivity index (χ4n) is 4.76. The third-order valence-corrected chi connectivity index (χ3v) is 7.85. The van der Waals surface area contributed by atoms with E-state index < -0.39 is 10.0 Å². The normalized spacial score (nSPS) is 17.7. The average molecular weight is 525 g/mol. The smallest absolute Gasteiger partial charge is 0.264 e. The molecule has 0 saturated carbocycles. The van der Waals surface area contributed by atoms with Gasteiger partial charge in [0.2, 0.25) is 11.8 Å². The van der Waals surface area contributed by atoms with E-state index >= 15 is 0 Å². The second-order valence-corrected chi connectivity index (χ2v) is 11.7. The van der Waals surface area contributed by atoms with Crippen molar-refractivity contribution in [1.29, 1.82) is 0 Å². The third kappa shape index (κ3) is 6.66. The number of nitrogens with zero attached hydrogens (tertiary/aromatic N) is 3.